The van der Waals surface area contributed by atoms with E-state index in [9.17, 15) is 0 Å². The van der Waals surface area contributed by atoms with Crippen molar-refractivity contribution in [3.63, 3.8) is 0 Å². The summed E-state index contributed by atoms with van der Waals surface area (Å²) in [5, 5.41) is 2.22. The molecule has 0 aliphatic heterocycles. The van der Waals surface area contributed by atoms with Gasteiger partial charge in [0.25, 0.3) is 0 Å². The molecule has 9 aromatic rings. The highest BCUT2D eigenvalue weighted by atomic mass is 16.3. The van der Waals surface area contributed by atoms with Crippen molar-refractivity contribution in [1.29, 1.82) is 0 Å². The summed E-state index contributed by atoms with van der Waals surface area (Å²) < 4.78 is 6.58. The molecule has 1 heterocycles. The van der Waals surface area contributed by atoms with Crippen molar-refractivity contribution in [2.45, 2.75) is 77.0 Å². The van der Waals surface area contributed by atoms with Gasteiger partial charge in [-0.05, 0) is 120 Å². The Balaban J connectivity index is 1.19. The average molecular weight is 804 g/mol. The molecule has 0 fully saturated rings. The van der Waals surface area contributed by atoms with Crippen molar-refractivity contribution in [3.8, 4) is 22.3 Å². The predicted octanol–water partition coefficient (Wildman–Crippen LogP) is 16.3. The lowest BCUT2D eigenvalue weighted by molar-refractivity contribution is 0.545. The molecule has 0 spiro atoms. The molecule has 2 aliphatic rings. The van der Waals surface area contributed by atoms with Crippen molar-refractivity contribution < 1.29 is 4.42 Å². The maximum atomic E-state index is 6.58. The maximum absolute atomic E-state index is 6.58. The zero-order valence-electron chi connectivity index (χ0n) is 37.1. The van der Waals surface area contributed by atoms with Crippen LogP contribution in [0.3, 0.4) is 0 Å². The molecule has 11 rings (SSSR count). The van der Waals surface area contributed by atoms with Crippen molar-refractivity contribution in [2.75, 3.05) is 4.90 Å². The fourth-order valence-electron chi connectivity index (χ4n) is 11.1. The summed E-state index contributed by atoms with van der Waals surface area (Å²) in [6, 6.07) is 65.6. The Morgan fingerprint density at radius 1 is 0.452 bits per heavy atom. The average Bonchev–Trinajstić information content (AvgIpc) is 3.88. The van der Waals surface area contributed by atoms with E-state index < -0.39 is 5.41 Å². The molecule has 0 amide bonds. The van der Waals surface area contributed by atoms with Crippen LogP contribution in [0.5, 0.6) is 0 Å². The molecule has 0 bridgehead atoms. The van der Waals surface area contributed by atoms with Crippen LogP contribution in [0.2, 0.25) is 0 Å². The number of benzene rings is 8. The van der Waals surface area contributed by atoms with Crippen LogP contribution in [0.15, 0.2) is 180 Å². The molecule has 304 valence electrons. The van der Waals surface area contributed by atoms with Crippen molar-refractivity contribution >= 4 is 39.0 Å². The zero-order chi connectivity index (χ0) is 42.8. The van der Waals surface area contributed by atoms with Gasteiger partial charge in [0.05, 0.1) is 16.5 Å². The van der Waals surface area contributed by atoms with Gasteiger partial charge in [0.15, 0.2) is 0 Å². The van der Waals surface area contributed by atoms with E-state index in [1.807, 2.05) is 0 Å². The van der Waals surface area contributed by atoms with Crippen LogP contribution in [-0.2, 0) is 21.7 Å². The molecule has 62 heavy (non-hydrogen) atoms. The van der Waals surface area contributed by atoms with Crippen LogP contribution >= 0.6 is 0 Å². The SMILES string of the molecule is CC(C)(C)c1cc2c(c(C(C)(C)C)c1)C(C)(C)c1cc(N(c3cccc(C4(c5ccccc5)c5ccccc5-c5ccccc54)c3)c3cccc4oc5ccccc5c34)ccc1-2. The molecule has 2 aliphatic carbocycles. The van der Waals surface area contributed by atoms with Gasteiger partial charge in [0, 0.05) is 22.2 Å². The largest absolute Gasteiger partial charge is 0.456 e. The number of hydrogen-bond donors (Lipinski definition) is 0. The van der Waals surface area contributed by atoms with Gasteiger partial charge in [0.2, 0.25) is 0 Å². The number of fused-ring (bicyclic) bond motifs is 9. The second kappa shape index (κ2) is 13.4. The lowest BCUT2D eigenvalue weighted by Gasteiger charge is -2.35. The van der Waals surface area contributed by atoms with E-state index in [4.69, 9.17) is 4.42 Å². The zero-order valence-corrected chi connectivity index (χ0v) is 37.1. The van der Waals surface area contributed by atoms with E-state index in [1.165, 1.54) is 66.8 Å². The van der Waals surface area contributed by atoms with Gasteiger partial charge >= 0.3 is 0 Å². The molecule has 0 N–H and O–H groups in total. The molecule has 8 aromatic carbocycles. The third-order valence-electron chi connectivity index (χ3n) is 14.0. The Labute approximate surface area is 366 Å². The van der Waals surface area contributed by atoms with Crippen LogP contribution in [0, 0.1) is 0 Å². The van der Waals surface area contributed by atoms with Gasteiger partial charge in [-0.2, -0.15) is 0 Å². The van der Waals surface area contributed by atoms with E-state index in [-0.39, 0.29) is 16.2 Å². The first-order valence-corrected chi connectivity index (χ1v) is 22.2. The summed E-state index contributed by atoms with van der Waals surface area (Å²) in [6.45, 7) is 19.0. The molecule has 1 aromatic heterocycles. The van der Waals surface area contributed by atoms with Gasteiger partial charge in [-0.1, -0.05) is 189 Å². The highest BCUT2D eigenvalue weighted by molar-refractivity contribution is 6.13. The van der Waals surface area contributed by atoms with E-state index in [0.29, 0.717) is 0 Å². The Kier molecular flexibility index (Phi) is 8.29. The molecule has 0 atom stereocenters. The Bertz CT molecular complexity index is 3190. The third-order valence-corrected chi connectivity index (χ3v) is 14.0. The first kappa shape index (κ1) is 38.3. The fourth-order valence-corrected chi connectivity index (χ4v) is 11.1. The minimum Gasteiger partial charge on any atom is -0.456 e. The number of rotatable bonds is 5. The van der Waals surface area contributed by atoms with E-state index in [1.54, 1.807) is 0 Å². The highest BCUT2D eigenvalue weighted by Crippen LogP contribution is 2.58. The monoisotopic (exact) mass is 803 g/mol. The number of nitrogens with zero attached hydrogens (tertiary/aromatic N) is 1. The molecular formula is C60H53NO. The normalized spacial score (nSPS) is 14.7. The Morgan fingerprint density at radius 3 is 1.76 bits per heavy atom. The standard InChI is InChI=1S/C60H53NO/c1-57(2,3)40-35-47-45-33-32-42(37-50(45)59(7,8)56(47)51(36-40)58(4,5)6)61(52-29-19-31-54-55(52)46-26-14-17-30-53(46)62-54)41-23-18-22-39(34-41)60(38-20-10-9-11-21-38)48-27-15-12-24-43(48)44-25-13-16-28-49(44)60/h9-37H,1-8H3. The molecule has 2 heteroatoms. The predicted molar refractivity (Wildman–Crippen MR) is 261 cm³/mol. The highest BCUT2D eigenvalue weighted by Gasteiger charge is 2.46. The summed E-state index contributed by atoms with van der Waals surface area (Å²) in [6.07, 6.45) is 0. The fraction of sp³-hybridized carbons (Fsp3) is 0.200. The summed E-state index contributed by atoms with van der Waals surface area (Å²) in [7, 11) is 0. The quantitative estimate of drug-likeness (QED) is 0.172. The van der Waals surface area contributed by atoms with Crippen LogP contribution in [0.25, 0.3) is 44.2 Å². The number of furan rings is 1. The second-order valence-electron chi connectivity index (χ2n) is 20.1. The number of hydrogen-bond acceptors (Lipinski definition) is 2. The smallest absolute Gasteiger partial charge is 0.137 e. The molecule has 0 unspecified atom stereocenters. The number of anilines is 3. The van der Waals surface area contributed by atoms with Gasteiger partial charge in [-0.15, -0.1) is 0 Å². The van der Waals surface area contributed by atoms with Crippen LogP contribution < -0.4 is 4.90 Å². The minimum absolute atomic E-state index is 0.0210. The van der Waals surface area contributed by atoms with Gasteiger partial charge < -0.3 is 9.32 Å². The van der Waals surface area contributed by atoms with Crippen LogP contribution in [-0.4, -0.2) is 0 Å². The molecule has 0 saturated carbocycles. The maximum Gasteiger partial charge on any atom is 0.137 e. The summed E-state index contributed by atoms with van der Waals surface area (Å²) in [5.74, 6) is 0. The summed E-state index contributed by atoms with van der Waals surface area (Å²) in [5.41, 5.74) is 20.3. The first-order chi connectivity index (χ1) is 29.8. The first-order valence-electron chi connectivity index (χ1n) is 22.2. The lowest BCUT2D eigenvalue weighted by Crippen LogP contribution is -2.28. The molecule has 2 nitrogen and oxygen atoms in total. The van der Waals surface area contributed by atoms with Crippen LogP contribution in [0.4, 0.5) is 17.1 Å². The molecular weight excluding hydrogens is 751 g/mol. The third kappa shape index (κ3) is 5.48. The summed E-state index contributed by atoms with van der Waals surface area (Å²) in [4.78, 5) is 2.49. The molecule has 0 saturated heterocycles. The van der Waals surface area contributed by atoms with Gasteiger partial charge in [-0.3, -0.25) is 0 Å². The van der Waals surface area contributed by atoms with E-state index >= 15 is 0 Å². The topological polar surface area (TPSA) is 16.4 Å². The van der Waals surface area contributed by atoms with Crippen molar-refractivity contribution in [3.05, 3.63) is 220 Å². The van der Waals surface area contributed by atoms with Crippen molar-refractivity contribution in [2.24, 2.45) is 0 Å². The minimum atomic E-state index is -0.528. The van der Waals surface area contributed by atoms with E-state index in [2.05, 4.69) is 236 Å². The second-order valence-corrected chi connectivity index (χ2v) is 20.1. The Morgan fingerprint density at radius 2 is 1.05 bits per heavy atom. The molecule has 0 radical (unpaired) electrons. The van der Waals surface area contributed by atoms with Gasteiger partial charge in [0.1, 0.15) is 11.2 Å². The van der Waals surface area contributed by atoms with Crippen molar-refractivity contribution in [1.82, 2.24) is 0 Å². The number of para-hydroxylation sites is 1. The Hall–Kier alpha value is -6.64. The lowest BCUT2D eigenvalue weighted by atomic mass is 9.67. The van der Waals surface area contributed by atoms with Gasteiger partial charge in [-0.25, -0.2) is 0 Å². The van der Waals surface area contributed by atoms with Crippen LogP contribution in [0.1, 0.15) is 99.9 Å². The summed E-state index contributed by atoms with van der Waals surface area (Å²) >= 11 is 0. The van der Waals surface area contributed by atoms with E-state index in [0.717, 1.165) is 39.0 Å².